The van der Waals surface area contributed by atoms with E-state index in [0.717, 1.165) is 44.1 Å². The number of hydrogen-bond acceptors (Lipinski definition) is 5. The van der Waals surface area contributed by atoms with Crippen LogP contribution in [0.2, 0.25) is 0 Å². The molecule has 1 aliphatic heterocycles. The van der Waals surface area contributed by atoms with Crippen molar-refractivity contribution in [3.8, 4) is 0 Å². The van der Waals surface area contributed by atoms with Gasteiger partial charge in [-0.1, -0.05) is 0 Å². The molecule has 20 heavy (non-hydrogen) atoms. The molecule has 0 aliphatic carbocycles. The fraction of sp³-hybridized carbons (Fsp3) is 0.643. The van der Waals surface area contributed by atoms with Crippen LogP contribution >= 0.6 is 0 Å². The minimum absolute atomic E-state index is 0.296. The number of carboxylic acids is 1. The maximum Gasteiger partial charge on any atom is 0.308 e. The van der Waals surface area contributed by atoms with Gasteiger partial charge in [0, 0.05) is 32.2 Å². The molecule has 0 aromatic carbocycles. The highest BCUT2D eigenvalue weighted by Crippen LogP contribution is 2.23. The summed E-state index contributed by atoms with van der Waals surface area (Å²) in [5, 5.41) is 9.15. The van der Waals surface area contributed by atoms with E-state index in [0.29, 0.717) is 6.54 Å². The third-order valence-electron chi connectivity index (χ3n) is 3.82. The lowest BCUT2D eigenvalue weighted by atomic mass is 9.98. The summed E-state index contributed by atoms with van der Waals surface area (Å²) in [5.41, 5.74) is 0. The molecule has 1 unspecified atom stereocenters. The largest absolute Gasteiger partial charge is 0.481 e. The van der Waals surface area contributed by atoms with Gasteiger partial charge in [-0.15, -0.1) is 0 Å². The summed E-state index contributed by atoms with van der Waals surface area (Å²) in [4.78, 5) is 23.9. The molecule has 1 aromatic heterocycles. The van der Waals surface area contributed by atoms with Gasteiger partial charge in [-0.05, 0) is 26.7 Å². The molecule has 1 fully saturated rings. The summed E-state index contributed by atoms with van der Waals surface area (Å²) < 4.78 is 0. The second-order valence-electron chi connectivity index (χ2n) is 5.03. The van der Waals surface area contributed by atoms with Crippen molar-refractivity contribution in [3.05, 3.63) is 12.4 Å². The van der Waals surface area contributed by atoms with Gasteiger partial charge in [-0.2, -0.15) is 0 Å². The van der Waals surface area contributed by atoms with Crippen molar-refractivity contribution in [1.82, 2.24) is 9.97 Å². The molecule has 0 amide bonds. The number of rotatable bonds is 5. The van der Waals surface area contributed by atoms with Gasteiger partial charge in [0.1, 0.15) is 18.0 Å². The Labute approximate surface area is 119 Å². The fourth-order valence-corrected chi connectivity index (χ4v) is 2.62. The van der Waals surface area contributed by atoms with Crippen LogP contribution in [0.15, 0.2) is 12.4 Å². The monoisotopic (exact) mass is 278 g/mol. The fourth-order valence-electron chi connectivity index (χ4n) is 2.62. The summed E-state index contributed by atoms with van der Waals surface area (Å²) >= 11 is 0. The van der Waals surface area contributed by atoms with Gasteiger partial charge < -0.3 is 14.9 Å². The Bertz CT molecular complexity index is 462. The SMILES string of the molecule is CCN(CC)c1cc(N2CCCC(C(=O)O)C2)ncn1. The average Bonchev–Trinajstić information content (AvgIpc) is 2.49. The highest BCUT2D eigenvalue weighted by Gasteiger charge is 2.26. The van der Waals surface area contributed by atoms with Crippen LogP contribution < -0.4 is 9.80 Å². The van der Waals surface area contributed by atoms with Crippen molar-refractivity contribution in [3.63, 3.8) is 0 Å². The Hall–Kier alpha value is -1.85. The maximum absolute atomic E-state index is 11.1. The molecule has 2 rings (SSSR count). The van der Waals surface area contributed by atoms with E-state index in [1.165, 1.54) is 0 Å². The van der Waals surface area contributed by atoms with Gasteiger partial charge in [-0.25, -0.2) is 9.97 Å². The number of carbonyl (C=O) groups is 1. The molecule has 2 heterocycles. The van der Waals surface area contributed by atoms with Crippen LogP contribution in [0.25, 0.3) is 0 Å². The van der Waals surface area contributed by atoms with Gasteiger partial charge in [0.05, 0.1) is 5.92 Å². The van der Waals surface area contributed by atoms with Crippen LogP contribution in [-0.2, 0) is 4.79 Å². The third kappa shape index (κ3) is 3.18. The van der Waals surface area contributed by atoms with Crippen LogP contribution in [-0.4, -0.2) is 47.2 Å². The lowest BCUT2D eigenvalue weighted by molar-refractivity contribution is -0.141. The van der Waals surface area contributed by atoms with Crippen molar-refractivity contribution < 1.29 is 9.90 Å². The molecule has 0 saturated carbocycles. The predicted octanol–water partition coefficient (Wildman–Crippen LogP) is 1.62. The third-order valence-corrected chi connectivity index (χ3v) is 3.82. The second-order valence-corrected chi connectivity index (χ2v) is 5.03. The Morgan fingerprint density at radius 2 is 2.20 bits per heavy atom. The van der Waals surface area contributed by atoms with E-state index in [1.54, 1.807) is 6.33 Å². The van der Waals surface area contributed by atoms with E-state index < -0.39 is 5.97 Å². The molecule has 0 radical (unpaired) electrons. The van der Waals surface area contributed by atoms with Gasteiger partial charge >= 0.3 is 5.97 Å². The molecule has 1 N–H and O–H groups in total. The first-order valence-electron chi connectivity index (χ1n) is 7.20. The first-order valence-corrected chi connectivity index (χ1v) is 7.20. The van der Waals surface area contributed by atoms with Gasteiger partial charge in [0.25, 0.3) is 0 Å². The van der Waals surface area contributed by atoms with Crippen LogP contribution in [0.4, 0.5) is 11.6 Å². The number of anilines is 2. The second kappa shape index (κ2) is 6.54. The zero-order valence-electron chi connectivity index (χ0n) is 12.1. The van der Waals surface area contributed by atoms with Gasteiger partial charge in [0.15, 0.2) is 0 Å². The van der Waals surface area contributed by atoms with Crippen molar-refractivity contribution in [2.45, 2.75) is 26.7 Å². The van der Waals surface area contributed by atoms with Crippen molar-refractivity contribution >= 4 is 17.6 Å². The molecule has 6 nitrogen and oxygen atoms in total. The quantitative estimate of drug-likeness (QED) is 0.882. The number of aliphatic carboxylic acids is 1. The first-order chi connectivity index (χ1) is 9.65. The molecule has 6 heteroatoms. The molecular formula is C14H22N4O2. The number of aromatic nitrogens is 2. The normalized spacial score (nSPS) is 18.9. The number of hydrogen-bond donors (Lipinski definition) is 1. The van der Waals surface area contributed by atoms with E-state index in [-0.39, 0.29) is 5.92 Å². The number of carboxylic acid groups (broad SMARTS) is 1. The minimum Gasteiger partial charge on any atom is -0.481 e. The number of nitrogens with zero attached hydrogens (tertiary/aromatic N) is 4. The maximum atomic E-state index is 11.1. The van der Waals surface area contributed by atoms with E-state index in [4.69, 9.17) is 5.11 Å². The zero-order valence-corrected chi connectivity index (χ0v) is 12.1. The van der Waals surface area contributed by atoms with E-state index >= 15 is 0 Å². The topological polar surface area (TPSA) is 69.6 Å². The Morgan fingerprint density at radius 3 is 2.85 bits per heavy atom. The van der Waals surface area contributed by atoms with Crippen molar-refractivity contribution in [2.24, 2.45) is 5.92 Å². The molecular weight excluding hydrogens is 256 g/mol. The van der Waals surface area contributed by atoms with Gasteiger partial charge in [-0.3, -0.25) is 4.79 Å². The molecule has 1 aromatic rings. The van der Waals surface area contributed by atoms with Crippen LogP contribution in [0.1, 0.15) is 26.7 Å². The minimum atomic E-state index is -0.715. The molecule has 110 valence electrons. The molecule has 1 saturated heterocycles. The Kier molecular flexibility index (Phi) is 4.76. The Balaban J connectivity index is 2.16. The average molecular weight is 278 g/mol. The van der Waals surface area contributed by atoms with Crippen LogP contribution in [0, 0.1) is 5.92 Å². The molecule has 1 aliphatic rings. The molecule has 0 bridgehead atoms. The highest BCUT2D eigenvalue weighted by molar-refractivity contribution is 5.71. The molecule has 1 atom stereocenters. The van der Waals surface area contributed by atoms with Crippen LogP contribution in [0.3, 0.4) is 0 Å². The highest BCUT2D eigenvalue weighted by atomic mass is 16.4. The van der Waals surface area contributed by atoms with E-state index in [1.807, 2.05) is 6.07 Å². The van der Waals surface area contributed by atoms with Crippen molar-refractivity contribution in [2.75, 3.05) is 36.0 Å². The summed E-state index contributed by atoms with van der Waals surface area (Å²) in [6, 6.07) is 1.96. The Morgan fingerprint density at radius 1 is 1.45 bits per heavy atom. The van der Waals surface area contributed by atoms with Crippen LogP contribution in [0.5, 0.6) is 0 Å². The molecule has 0 spiro atoms. The lowest BCUT2D eigenvalue weighted by Crippen LogP contribution is -2.39. The number of piperidine rings is 1. The van der Waals surface area contributed by atoms with Gasteiger partial charge in [0.2, 0.25) is 0 Å². The van der Waals surface area contributed by atoms with E-state index in [2.05, 4.69) is 33.6 Å². The summed E-state index contributed by atoms with van der Waals surface area (Å²) in [5.74, 6) is 0.716. The summed E-state index contributed by atoms with van der Waals surface area (Å²) in [6.07, 6.45) is 3.20. The zero-order chi connectivity index (χ0) is 14.5. The predicted molar refractivity (Wildman–Crippen MR) is 78.2 cm³/mol. The smallest absolute Gasteiger partial charge is 0.308 e. The summed E-state index contributed by atoms with van der Waals surface area (Å²) in [7, 11) is 0. The van der Waals surface area contributed by atoms with E-state index in [9.17, 15) is 4.79 Å². The first kappa shape index (κ1) is 14.6. The standard InChI is InChI=1S/C14H22N4O2/c1-3-17(4-2)12-8-13(16-10-15-12)18-7-5-6-11(9-18)14(19)20/h8,10-11H,3-7,9H2,1-2H3,(H,19,20). The van der Waals surface area contributed by atoms with Crippen molar-refractivity contribution in [1.29, 1.82) is 0 Å². The lowest BCUT2D eigenvalue weighted by Gasteiger charge is -2.32. The summed E-state index contributed by atoms with van der Waals surface area (Å²) in [6.45, 7) is 7.36.